The van der Waals surface area contributed by atoms with E-state index in [0.717, 1.165) is 16.8 Å². The number of aryl methyl sites for hydroxylation is 2. The number of carbonyl (C=O) groups is 1. The number of nitrogens with zero attached hydrogens (tertiary/aromatic N) is 1. The molecule has 0 saturated carbocycles. The van der Waals surface area contributed by atoms with Gasteiger partial charge < -0.3 is 10.6 Å². The Bertz CT molecular complexity index is 910. The highest BCUT2D eigenvalue weighted by Crippen LogP contribution is 2.19. The molecule has 25 heavy (non-hydrogen) atoms. The highest BCUT2D eigenvalue weighted by molar-refractivity contribution is 7.91. The predicted octanol–water partition coefficient (Wildman–Crippen LogP) is 2.55. The Morgan fingerprint density at radius 1 is 1.12 bits per heavy atom. The maximum atomic E-state index is 12.4. The molecule has 0 aliphatic carbocycles. The lowest BCUT2D eigenvalue weighted by Gasteiger charge is -2.13. The smallest absolute Gasteiger partial charge is 0.257 e. The van der Waals surface area contributed by atoms with Gasteiger partial charge in [0, 0.05) is 24.1 Å². The number of anilines is 2. The number of sulfone groups is 1. The van der Waals surface area contributed by atoms with Gasteiger partial charge in [0.15, 0.2) is 9.84 Å². The number of nitrogens with one attached hydrogen (secondary N) is 2. The highest BCUT2D eigenvalue weighted by atomic mass is 32.2. The van der Waals surface area contributed by atoms with Gasteiger partial charge in [0.05, 0.1) is 22.8 Å². The summed E-state index contributed by atoms with van der Waals surface area (Å²) in [5.74, 6) is 0.0651. The topological polar surface area (TPSA) is 88.2 Å². The molecule has 6 nitrogen and oxygen atoms in total. The zero-order chi connectivity index (χ0) is 18.0. The molecule has 1 fully saturated rings. The summed E-state index contributed by atoms with van der Waals surface area (Å²) in [7, 11) is -2.95. The average molecular weight is 359 g/mol. The second-order valence-electron chi connectivity index (χ2n) is 6.46. The molecule has 1 amide bonds. The van der Waals surface area contributed by atoms with Crippen molar-refractivity contribution in [3.63, 3.8) is 0 Å². The maximum Gasteiger partial charge on any atom is 0.257 e. The number of pyridine rings is 1. The summed E-state index contributed by atoms with van der Waals surface area (Å²) in [5, 5.41) is 6.01. The first-order valence-corrected chi connectivity index (χ1v) is 9.95. The quantitative estimate of drug-likeness (QED) is 0.876. The van der Waals surface area contributed by atoms with Crippen molar-refractivity contribution >= 4 is 27.1 Å². The lowest BCUT2D eigenvalue weighted by molar-refractivity contribution is 0.102. The van der Waals surface area contributed by atoms with Crippen LogP contribution in [-0.2, 0) is 9.84 Å². The van der Waals surface area contributed by atoms with Crippen molar-refractivity contribution in [2.24, 2.45) is 0 Å². The predicted molar refractivity (Wildman–Crippen MR) is 98.8 cm³/mol. The minimum Gasteiger partial charge on any atom is -0.380 e. The standard InChI is InChI=1S/C18H21N3O3S/c1-12-3-4-15(7-13(12)2)21-18(22)14-8-17(10-19-9-14)20-16-5-6-25(23,24)11-16/h3-4,7-10,16,20H,5-6,11H2,1-2H3,(H,21,22). The van der Waals surface area contributed by atoms with Gasteiger partial charge in [-0.15, -0.1) is 0 Å². The Hall–Kier alpha value is -2.41. The molecule has 2 aromatic rings. The highest BCUT2D eigenvalue weighted by Gasteiger charge is 2.27. The molecule has 0 radical (unpaired) electrons. The van der Waals surface area contributed by atoms with Crippen LogP contribution in [0.1, 0.15) is 27.9 Å². The van der Waals surface area contributed by atoms with Crippen LogP contribution in [0.2, 0.25) is 0 Å². The number of hydrogen-bond acceptors (Lipinski definition) is 5. The molecule has 7 heteroatoms. The number of amides is 1. The van der Waals surface area contributed by atoms with Crippen molar-refractivity contribution < 1.29 is 13.2 Å². The largest absolute Gasteiger partial charge is 0.380 e. The molecule has 1 saturated heterocycles. The van der Waals surface area contributed by atoms with E-state index in [1.807, 2.05) is 32.0 Å². The summed E-state index contributed by atoms with van der Waals surface area (Å²) < 4.78 is 23.1. The number of benzene rings is 1. The van der Waals surface area contributed by atoms with E-state index in [2.05, 4.69) is 15.6 Å². The minimum absolute atomic E-state index is 0.117. The van der Waals surface area contributed by atoms with E-state index >= 15 is 0 Å². The first-order chi connectivity index (χ1) is 11.8. The molecular formula is C18H21N3O3S. The van der Waals surface area contributed by atoms with E-state index in [9.17, 15) is 13.2 Å². The Kier molecular flexibility index (Phi) is 4.76. The summed E-state index contributed by atoms with van der Waals surface area (Å²) >= 11 is 0. The van der Waals surface area contributed by atoms with Gasteiger partial charge in [0.25, 0.3) is 5.91 Å². The number of hydrogen-bond donors (Lipinski definition) is 2. The van der Waals surface area contributed by atoms with Crippen LogP contribution in [-0.4, -0.2) is 36.9 Å². The van der Waals surface area contributed by atoms with Crippen molar-refractivity contribution in [3.05, 3.63) is 53.3 Å². The Balaban J connectivity index is 1.70. The van der Waals surface area contributed by atoms with Crippen molar-refractivity contribution in [2.45, 2.75) is 26.3 Å². The molecule has 1 unspecified atom stereocenters. The number of rotatable bonds is 4. The zero-order valence-electron chi connectivity index (χ0n) is 14.2. The van der Waals surface area contributed by atoms with Crippen LogP contribution >= 0.6 is 0 Å². The van der Waals surface area contributed by atoms with E-state index in [4.69, 9.17) is 0 Å². The van der Waals surface area contributed by atoms with Gasteiger partial charge in [0.2, 0.25) is 0 Å². The fraction of sp³-hybridized carbons (Fsp3) is 0.333. The van der Waals surface area contributed by atoms with Crippen molar-refractivity contribution in [1.82, 2.24) is 4.98 Å². The number of aromatic nitrogens is 1. The molecule has 2 heterocycles. The molecular weight excluding hydrogens is 338 g/mol. The number of carbonyl (C=O) groups excluding carboxylic acids is 1. The summed E-state index contributed by atoms with van der Waals surface area (Å²) in [4.78, 5) is 16.5. The van der Waals surface area contributed by atoms with E-state index in [1.165, 1.54) is 6.20 Å². The van der Waals surface area contributed by atoms with Crippen LogP contribution in [0.5, 0.6) is 0 Å². The van der Waals surface area contributed by atoms with E-state index in [-0.39, 0.29) is 23.5 Å². The van der Waals surface area contributed by atoms with Crippen LogP contribution in [0.15, 0.2) is 36.7 Å². The molecule has 2 N–H and O–H groups in total. The normalized spacial score (nSPS) is 18.7. The summed E-state index contributed by atoms with van der Waals surface area (Å²) in [6.07, 6.45) is 3.66. The van der Waals surface area contributed by atoms with E-state index in [0.29, 0.717) is 17.7 Å². The third-order valence-corrected chi connectivity index (χ3v) is 6.14. The average Bonchev–Trinajstić information content (AvgIpc) is 2.90. The van der Waals surface area contributed by atoms with E-state index < -0.39 is 9.84 Å². The van der Waals surface area contributed by atoms with Crippen LogP contribution < -0.4 is 10.6 Å². The summed E-state index contributed by atoms with van der Waals surface area (Å²) in [6, 6.07) is 7.30. The van der Waals surface area contributed by atoms with Gasteiger partial charge in [-0.1, -0.05) is 6.07 Å². The molecule has 0 spiro atoms. The summed E-state index contributed by atoms with van der Waals surface area (Å²) in [6.45, 7) is 4.01. The molecule has 1 aliphatic rings. The second kappa shape index (κ2) is 6.84. The minimum atomic E-state index is -2.95. The van der Waals surface area contributed by atoms with Gasteiger partial charge >= 0.3 is 0 Å². The van der Waals surface area contributed by atoms with E-state index in [1.54, 1.807) is 12.3 Å². The van der Waals surface area contributed by atoms with Crippen molar-refractivity contribution in [3.8, 4) is 0 Å². The molecule has 1 aromatic carbocycles. The fourth-order valence-electron chi connectivity index (χ4n) is 2.81. The Morgan fingerprint density at radius 3 is 2.60 bits per heavy atom. The molecule has 0 bridgehead atoms. The van der Waals surface area contributed by atoms with Crippen molar-refractivity contribution in [1.29, 1.82) is 0 Å². The van der Waals surface area contributed by atoms with Gasteiger partial charge in [-0.25, -0.2) is 8.42 Å². The monoisotopic (exact) mass is 359 g/mol. The lowest BCUT2D eigenvalue weighted by atomic mass is 10.1. The zero-order valence-corrected chi connectivity index (χ0v) is 15.1. The lowest BCUT2D eigenvalue weighted by Crippen LogP contribution is -2.21. The van der Waals surface area contributed by atoms with Gasteiger partial charge in [-0.3, -0.25) is 9.78 Å². The van der Waals surface area contributed by atoms with Crippen molar-refractivity contribution in [2.75, 3.05) is 22.1 Å². The Labute approximate surface area is 147 Å². The van der Waals surface area contributed by atoms with Gasteiger partial charge in [0.1, 0.15) is 0 Å². The third kappa shape index (κ3) is 4.36. The molecule has 1 aromatic heterocycles. The van der Waals surface area contributed by atoms with Gasteiger partial charge in [-0.05, 0) is 49.6 Å². The van der Waals surface area contributed by atoms with Crippen LogP contribution in [0.3, 0.4) is 0 Å². The van der Waals surface area contributed by atoms with Crippen LogP contribution in [0.25, 0.3) is 0 Å². The summed E-state index contributed by atoms with van der Waals surface area (Å²) in [5.41, 5.74) is 4.07. The fourth-order valence-corrected chi connectivity index (χ4v) is 4.48. The molecule has 3 rings (SSSR count). The van der Waals surface area contributed by atoms with Crippen LogP contribution in [0.4, 0.5) is 11.4 Å². The first kappa shape index (κ1) is 17.4. The molecule has 132 valence electrons. The first-order valence-electron chi connectivity index (χ1n) is 8.13. The molecule has 1 aliphatic heterocycles. The van der Waals surface area contributed by atoms with Gasteiger partial charge in [-0.2, -0.15) is 0 Å². The molecule has 1 atom stereocenters. The third-order valence-electron chi connectivity index (χ3n) is 4.37. The maximum absolute atomic E-state index is 12.4. The SMILES string of the molecule is Cc1ccc(NC(=O)c2cncc(NC3CCS(=O)(=O)C3)c2)cc1C. The van der Waals surface area contributed by atoms with Crippen LogP contribution in [0, 0.1) is 13.8 Å². The Morgan fingerprint density at radius 2 is 1.92 bits per heavy atom. The second-order valence-corrected chi connectivity index (χ2v) is 8.69.